The summed E-state index contributed by atoms with van der Waals surface area (Å²) in [7, 11) is 0. The van der Waals surface area contributed by atoms with Gasteiger partial charge in [0.05, 0.1) is 6.54 Å². The van der Waals surface area contributed by atoms with E-state index < -0.39 is 5.91 Å². The van der Waals surface area contributed by atoms with Gasteiger partial charge in [-0.25, -0.2) is 0 Å². The molecule has 4 nitrogen and oxygen atoms in total. The Kier molecular flexibility index (Phi) is 7.13. The van der Waals surface area contributed by atoms with Crippen LogP contribution in [0.25, 0.3) is 0 Å². The van der Waals surface area contributed by atoms with E-state index in [0.29, 0.717) is 31.2 Å². The molecule has 2 amide bonds. The van der Waals surface area contributed by atoms with Gasteiger partial charge >= 0.3 is 0 Å². The Bertz CT molecular complexity index is 219. The molecule has 0 radical (unpaired) electrons. The van der Waals surface area contributed by atoms with Crippen molar-refractivity contribution in [3.05, 3.63) is 0 Å². The minimum absolute atomic E-state index is 0.000695. The summed E-state index contributed by atoms with van der Waals surface area (Å²) >= 11 is 5.50. The van der Waals surface area contributed by atoms with E-state index in [1.807, 2.05) is 13.8 Å². The molecule has 88 valence electrons. The molecular formula is C10H19ClN2O2. The Balaban J connectivity index is 4.20. The highest BCUT2D eigenvalue weighted by atomic mass is 35.5. The molecule has 2 N–H and O–H groups in total. The first-order valence-corrected chi connectivity index (χ1v) is 5.62. The summed E-state index contributed by atoms with van der Waals surface area (Å²) in [5.74, 6) is 0.250. The van der Waals surface area contributed by atoms with Crippen molar-refractivity contribution >= 4 is 23.4 Å². The van der Waals surface area contributed by atoms with Gasteiger partial charge < -0.3 is 10.6 Å². The normalized spacial score (nSPS) is 10.4. The topological polar surface area (TPSA) is 63.4 Å². The van der Waals surface area contributed by atoms with Crippen molar-refractivity contribution in [2.45, 2.75) is 26.7 Å². The number of amides is 2. The van der Waals surface area contributed by atoms with Crippen LogP contribution in [0, 0.1) is 5.92 Å². The second-order valence-electron chi connectivity index (χ2n) is 3.93. The van der Waals surface area contributed by atoms with Crippen molar-refractivity contribution in [2.75, 3.05) is 19.0 Å². The van der Waals surface area contributed by atoms with Crippen molar-refractivity contribution in [2.24, 2.45) is 11.7 Å². The predicted octanol–water partition coefficient (Wildman–Crippen LogP) is 0.975. The lowest BCUT2D eigenvalue weighted by molar-refractivity contribution is -0.135. The van der Waals surface area contributed by atoms with Crippen LogP contribution in [0.15, 0.2) is 0 Å². The molecule has 0 aliphatic heterocycles. The Labute approximate surface area is 95.7 Å². The van der Waals surface area contributed by atoms with Gasteiger partial charge in [-0.2, -0.15) is 0 Å². The average Bonchev–Trinajstić information content (AvgIpc) is 2.11. The van der Waals surface area contributed by atoms with E-state index in [1.165, 1.54) is 4.90 Å². The first kappa shape index (κ1) is 14.2. The monoisotopic (exact) mass is 234 g/mol. The van der Waals surface area contributed by atoms with Crippen LogP contribution in [-0.2, 0) is 9.59 Å². The average molecular weight is 235 g/mol. The van der Waals surface area contributed by atoms with Crippen LogP contribution in [0.5, 0.6) is 0 Å². The highest BCUT2D eigenvalue weighted by Crippen LogP contribution is 2.03. The Morgan fingerprint density at radius 2 is 2.00 bits per heavy atom. The fourth-order valence-electron chi connectivity index (χ4n) is 1.26. The lowest BCUT2D eigenvalue weighted by Crippen LogP contribution is -2.40. The number of alkyl halides is 1. The van der Waals surface area contributed by atoms with Gasteiger partial charge in [0.25, 0.3) is 0 Å². The van der Waals surface area contributed by atoms with Crippen LogP contribution in [0.4, 0.5) is 0 Å². The molecule has 0 aromatic carbocycles. The Morgan fingerprint density at radius 1 is 1.40 bits per heavy atom. The summed E-state index contributed by atoms with van der Waals surface area (Å²) in [5.41, 5.74) is 5.08. The number of hydrogen-bond acceptors (Lipinski definition) is 2. The maximum Gasteiger partial charge on any atom is 0.237 e. The molecular weight excluding hydrogens is 216 g/mol. The summed E-state index contributed by atoms with van der Waals surface area (Å²) < 4.78 is 0. The minimum atomic E-state index is -0.477. The fraction of sp³-hybridized carbons (Fsp3) is 0.800. The molecule has 0 aliphatic carbocycles. The van der Waals surface area contributed by atoms with Crippen LogP contribution in [0.2, 0.25) is 0 Å². The molecule has 0 unspecified atom stereocenters. The van der Waals surface area contributed by atoms with Gasteiger partial charge in [0.2, 0.25) is 11.8 Å². The van der Waals surface area contributed by atoms with Crippen LogP contribution >= 0.6 is 11.6 Å². The largest absolute Gasteiger partial charge is 0.368 e. The fourth-order valence-corrected chi connectivity index (χ4v) is 1.39. The summed E-state index contributed by atoms with van der Waals surface area (Å²) in [6.07, 6.45) is 1.01. The van der Waals surface area contributed by atoms with Gasteiger partial charge in [0.15, 0.2) is 0 Å². The van der Waals surface area contributed by atoms with E-state index in [9.17, 15) is 9.59 Å². The van der Waals surface area contributed by atoms with Gasteiger partial charge in [-0.1, -0.05) is 13.8 Å². The first-order valence-electron chi connectivity index (χ1n) is 5.09. The van der Waals surface area contributed by atoms with E-state index in [4.69, 9.17) is 17.3 Å². The second kappa shape index (κ2) is 7.51. The van der Waals surface area contributed by atoms with Crippen LogP contribution in [0.3, 0.4) is 0 Å². The van der Waals surface area contributed by atoms with Crippen molar-refractivity contribution in [1.82, 2.24) is 4.90 Å². The summed E-state index contributed by atoms with van der Waals surface area (Å²) in [6.45, 7) is 4.54. The smallest absolute Gasteiger partial charge is 0.237 e. The number of nitrogens with zero attached hydrogens (tertiary/aromatic N) is 1. The highest BCUT2D eigenvalue weighted by molar-refractivity contribution is 6.17. The molecule has 0 spiro atoms. The zero-order valence-corrected chi connectivity index (χ0v) is 10.1. The molecule has 0 aromatic heterocycles. The number of rotatable bonds is 7. The van der Waals surface area contributed by atoms with Crippen LogP contribution in [0.1, 0.15) is 26.7 Å². The van der Waals surface area contributed by atoms with E-state index in [1.54, 1.807) is 0 Å². The molecule has 0 aliphatic rings. The van der Waals surface area contributed by atoms with Gasteiger partial charge in [-0.05, 0) is 12.3 Å². The summed E-state index contributed by atoms with van der Waals surface area (Å²) in [5, 5.41) is 0. The Morgan fingerprint density at radius 3 is 2.40 bits per heavy atom. The molecule has 0 saturated carbocycles. The molecule has 5 heteroatoms. The highest BCUT2D eigenvalue weighted by Gasteiger charge is 2.16. The quantitative estimate of drug-likeness (QED) is 0.668. The zero-order chi connectivity index (χ0) is 11.8. The van der Waals surface area contributed by atoms with Gasteiger partial charge in [-0.15, -0.1) is 11.6 Å². The molecule has 15 heavy (non-hydrogen) atoms. The minimum Gasteiger partial charge on any atom is -0.368 e. The van der Waals surface area contributed by atoms with Crippen molar-refractivity contribution in [3.8, 4) is 0 Å². The molecule has 0 heterocycles. The number of carbonyl (C=O) groups is 2. The number of hydrogen-bond donors (Lipinski definition) is 1. The standard InChI is InChI=1S/C10H19ClN2O2/c1-8(2)6-13(7-9(12)14)10(15)4-3-5-11/h8H,3-7H2,1-2H3,(H2,12,14). The van der Waals surface area contributed by atoms with Crippen LogP contribution < -0.4 is 5.73 Å². The third-order valence-corrected chi connectivity index (χ3v) is 2.08. The molecule has 0 bridgehead atoms. The number of primary amides is 1. The third kappa shape index (κ3) is 7.19. The molecule has 0 rings (SSSR count). The Hall–Kier alpha value is -0.770. The second-order valence-corrected chi connectivity index (χ2v) is 4.30. The molecule has 0 fully saturated rings. The maximum atomic E-state index is 11.6. The third-order valence-electron chi connectivity index (χ3n) is 1.81. The lowest BCUT2D eigenvalue weighted by atomic mass is 10.2. The lowest BCUT2D eigenvalue weighted by Gasteiger charge is -2.23. The van der Waals surface area contributed by atoms with E-state index in [2.05, 4.69) is 0 Å². The predicted molar refractivity (Wildman–Crippen MR) is 60.6 cm³/mol. The first-order chi connectivity index (χ1) is 6.97. The number of nitrogens with two attached hydrogens (primary N) is 1. The molecule has 0 aromatic rings. The molecule has 0 saturated heterocycles. The van der Waals surface area contributed by atoms with E-state index in [0.717, 1.165) is 0 Å². The number of carbonyl (C=O) groups excluding carboxylic acids is 2. The van der Waals surface area contributed by atoms with Crippen molar-refractivity contribution < 1.29 is 9.59 Å². The molecule has 0 atom stereocenters. The van der Waals surface area contributed by atoms with E-state index in [-0.39, 0.29) is 12.5 Å². The number of halogens is 1. The SMILES string of the molecule is CC(C)CN(CC(N)=O)C(=O)CCCCl. The van der Waals surface area contributed by atoms with Crippen molar-refractivity contribution in [1.29, 1.82) is 0 Å². The maximum absolute atomic E-state index is 11.6. The van der Waals surface area contributed by atoms with Gasteiger partial charge in [0.1, 0.15) is 0 Å². The van der Waals surface area contributed by atoms with Gasteiger partial charge in [0, 0.05) is 18.8 Å². The van der Waals surface area contributed by atoms with E-state index >= 15 is 0 Å². The zero-order valence-electron chi connectivity index (χ0n) is 9.33. The summed E-state index contributed by atoms with van der Waals surface area (Å²) in [4.78, 5) is 23.9. The summed E-state index contributed by atoms with van der Waals surface area (Å²) in [6, 6.07) is 0. The van der Waals surface area contributed by atoms with Gasteiger partial charge in [-0.3, -0.25) is 9.59 Å². The van der Waals surface area contributed by atoms with Crippen molar-refractivity contribution in [3.63, 3.8) is 0 Å². The van der Waals surface area contributed by atoms with Crippen LogP contribution in [-0.4, -0.2) is 35.7 Å².